The molecule has 1 aliphatic heterocycles. The predicted octanol–water partition coefficient (Wildman–Crippen LogP) is 3.03. The van der Waals surface area contributed by atoms with Crippen molar-refractivity contribution in [1.29, 1.82) is 0 Å². The number of carbonyl (C=O) groups is 3. The normalized spacial score (nSPS) is 21.1. The van der Waals surface area contributed by atoms with Gasteiger partial charge in [0.1, 0.15) is 12.1 Å². The summed E-state index contributed by atoms with van der Waals surface area (Å²) >= 11 is 1.59. The number of aromatic nitrogens is 1. The van der Waals surface area contributed by atoms with E-state index in [0.29, 0.717) is 6.54 Å². The second kappa shape index (κ2) is 10.7. The van der Waals surface area contributed by atoms with Gasteiger partial charge in [-0.25, -0.2) is 4.98 Å². The molecule has 2 fully saturated rings. The summed E-state index contributed by atoms with van der Waals surface area (Å²) in [6.45, 7) is 8.06. The Morgan fingerprint density at radius 3 is 2.42 bits per heavy atom. The lowest BCUT2D eigenvalue weighted by Gasteiger charge is -2.37. The van der Waals surface area contributed by atoms with Crippen LogP contribution in [0.25, 0.3) is 10.4 Å². The van der Waals surface area contributed by atoms with Gasteiger partial charge < -0.3 is 20.6 Å². The predicted molar refractivity (Wildman–Crippen MR) is 139 cm³/mol. The lowest BCUT2D eigenvalue weighted by Crippen LogP contribution is -2.58. The zero-order chi connectivity index (χ0) is 26.0. The molecule has 9 heteroatoms. The zero-order valence-corrected chi connectivity index (χ0v) is 22.2. The van der Waals surface area contributed by atoms with Crippen LogP contribution in [0.2, 0.25) is 0 Å². The van der Waals surface area contributed by atoms with E-state index < -0.39 is 23.6 Å². The largest absolute Gasteiger partial charge is 0.391 e. The summed E-state index contributed by atoms with van der Waals surface area (Å²) in [5.41, 5.74) is 4.29. The lowest BCUT2D eigenvalue weighted by atomic mass is 9.82. The summed E-state index contributed by atoms with van der Waals surface area (Å²) in [6.07, 6.45) is 2.11. The second-order valence-corrected chi connectivity index (χ2v) is 11.9. The van der Waals surface area contributed by atoms with Gasteiger partial charge in [0.05, 0.1) is 22.2 Å². The quantitative estimate of drug-likeness (QED) is 0.528. The number of thiazole rings is 1. The number of aryl methyl sites for hydroxylation is 1. The maximum Gasteiger partial charge on any atom is 0.246 e. The number of β-amino-alcohol motifs (C(OH)–C–C–N with tert-alkyl or cyclic N) is 1. The van der Waals surface area contributed by atoms with Crippen molar-refractivity contribution in [2.24, 2.45) is 11.3 Å². The van der Waals surface area contributed by atoms with Crippen molar-refractivity contribution in [3.05, 3.63) is 41.0 Å². The first-order valence-corrected chi connectivity index (χ1v) is 13.5. The number of aliphatic hydroxyl groups is 1. The monoisotopic (exact) mass is 512 g/mol. The first kappa shape index (κ1) is 26.3. The van der Waals surface area contributed by atoms with Gasteiger partial charge >= 0.3 is 0 Å². The van der Waals surface area contributed by atoms with E-state index in [0.717, 1.165) is 41.0 Å². The molecule has 0 bridgehead atoms. The van der Waals surface area contributed by atoms with Gasteiger partial charge in [0.2, 0.25) is 17.7 Å². The van der Waals surface area contributed by atoms with E-state index in [1.54, 1.807) is 11.3 Å². The number of aliphatic hydroxyl groups excluding tert-OH is 1. The molecule has 1 saturated carbocycles. The summed E-state index contributed by atoms with van der Waals surface area (Å²) in [4.78, 5) is 46.2. The van der Waals surface area contributed by atoms with E-state index in [-0.39, 0.29) is 36.6 Å². The Kier molecular flexibility index (Phi) is 7.80. The van der Waals surface area contributed by atoms with E-state index in [1.165, 1.54) is 4.90 Å². The second-order valence-electron chi connectivity index (χ2n) is 11.0. The number of carbonyl (C=O) groups excluding carboxylic acids is 3. The molecular weight excluding hydrogens is 476 g/mol. The number of benzene rings is 1. The summed E-state index contributed by atoms with van der Waals surface area (Å²) in [5.74, 6) is -0.777. The van der Waals surface area contributed by atoms with Crippen molar-refractivity contribution in [1.82, 2.24) is 20.5 Å². The van der Waals surface area contributed by atoms with Crippen LogP contribution in [-0.4, -0.2) is 57.4 Å². The maximum atomic E-state index is 13.6. The Morgan fingerprint density at radius 2 is 1.86 bits per heavy atom. The molecule has 2 aliphatic rings. The average Bonchev–Trinajstić information content (AvgIpc) is 3.39. The van der Waals surface area contributed by atoms with Crippen LogP contribution in [-0.2, 0) is 20.9 Å². The molecule has 1 aromatic carbocycles. The van der Waals surface area contributed by atoms with Crippen LogP contribution in [0.1, 0.15) is 57.7 Å². The van der Waals surface area contributed by atoms with Gasteiger partial charge in [-0.1, -0.05) is 51.5 Å². The highest BCUT2D eigenvalue weighted by Gasteiger charge is 2.45. The number of amides is 3. The number of nitrogens with one attached hydrogen (secondary N) is 2. The SMILES string of the molecule is Cc1ncsc1-c1ccc(CNC(=O)C2C[C@@H](O)CN2C(=O)[C@@H](NC(=O)C2CCC2)C(C)(C)C)cc1. The van der Waals surface area contributed by atoms with Crippen LogP contribution in [0.5, 0.6) is 0 Å². The molecular formula is C27H36N4O4S. The van der Waals surface area contributed by atoms with Gasteiger partial charge in [-0.05, 0) is 36.3 Å². The molecule has 8 nitrogen and oxygen atoms in total. The van der Waals surface area contributed by atoms with Crippen LogP contribution < -0.4 is 10.6 Å². The first-order valence-electron chi connectivity index (χ1n) is 12.6. The smallest absolute Gasteiger partial charge is 0.246 e. The number of rotatable bonds is 7. The van der Waals surface area contributed by atoms with Crippen molar-refractivity contribution in [2.45, 2.75) is 78.1 Å². The Balaban J connectivity index is 1.41. The van der Waals surface area contributed by atoms with Crippen LogP contribution in [0.4, 0.5) is 0 Å². The van der Waals surface area contributed by atoms with Crippen LogP contribution in [0.3, 0.4) is 0 Å². The van der Waals surface area contributed by atoms with E-state index >= 15 is 0 Å². The van der Waals surface area contributed by atoms with Gasteiger partial charge in [-0.15, -0.1) is 11.3 Å². The highest BCUT2D eigenvalue weighted by atomic mass is 32.1. The van der Waals surface area contributed by atoms with Crippen molar-refractivity contribution >= 4 is 29.1 Å². The van der Waals surface area contributed by atoms with Gasteiger partial charge in [0.15, 0.2) is 0 Å². The molecule has 3 amide bonds. The third kappa shape index (κ3) is 5.78. The van der Waals surface area contributed by atoms with Crippen molar-refractivity contribution in [2.75, 3.05) is 6.54 Å². The minimum atomic E-state index is -0.783. The molecule has 0 spiro atoms. The van der Waals surface area contributed by atoms with E-state index in [2.05, 4.69) is 15.6 Å². The molecule has 36 heavy (non-hydrogen) atoms. The highest BCUT2D eigenvalue weighted by Crippen LogP contribution is 2.30. The molecule has 3 N–H and O–H groups in total. The van der Waals surface area contributed by atoms with Crippen LogP contribution in [0.15, 0.2) is 29.8 Å². The van der Waals surface area contributed by atoms with Crippen molar-refractivity contribution in [3.8, 4) is 10.4 Å². The van der Waals surface area contributed by atoms with Crippen LogP contribution >= 0.6 is 11.3 Å². The molecule has 2 heterocycles. The summed E-state index contributed by atoms with van der Waals surface area (Å²) in [7, 11) is 0. The molecule has 3 atom stereocenters. The number of hydrogen-bond acceptors (Lipinski definition) is 6. The number of nitrogens with zero attached hydrogens (tertiary/aromatic N) is 2. The fourth-order valence-corrected chi connectivity index (χ4v) is 5.52. The standard InChI is InChI=1S/C27H36N4O4S/c1-16-22(36-15-29-16)18-10-8-17(9-11-18)13-28-25(34)21-12-20(32)14-31(21)26(35)23(27(2,3)4)30-24(33)19-6-5-7-19/h8-11,15,19-21,23,32H,5-7,12-14H2,1-4H3,(H,28,34)(H,30,33)/t20-,21?,23-/m1/s1. The third-order valence-electron chi connectivity index (χ3n) is 7.17. The molecule has 0 radical (unpaired) electrons. The Hall–Kier alpha value is -2.78. The fraction of sp³-hybridized carbons (Fsp3) is 0.556. The topological polar surface area (TPSA) is 112 Å². The Morgan fingerprint density at radius 1 is 1.17 bits per heavy atom. The Labute approximate surface area is 216 Å². The van der Waals surface area contributed by atoms with E-state index in [1.807, 2.05) is 57.5 Å². The van der Waals surface area contributed by atoms with Gasteiger partial charge in [-0.3, -0.25) is 14.4 Å². The fourth-order valence-electron chi connectivity index (χ4n) is 4.71. The Bertz CT molecular complexity index is 1100. The van der Waals surface area contributed by atoms with E-state index in [9.17, 15) is 19.5 Å². The minimum absolute atomic E-state index is 0.0442. The lowest BCUT2D eigenvalue weighted by molar-refractivity contribution is -0.145. The minimum Gasteiger partial charge on any atom is -0.391 e. The highest BCUT2D eigenvalue weighted by molar-refractivity contribution is 7.13. The third-order valence-corrected chi connectivity index (χ3v) is 8.15. The summed E-state index contributed by atoms with van der Waals surface area (Å²) in [6, 6.07) is 6.40. The molecule has 1 aromatic heterocycles. The first-order chi connectivity index (χ1) is 17.0. The van der Waals surface area contributed by atoms with E-state index in [4.69, 9.17) is 0 Å². The molecule has 4 rings (SSSR count). The van der Waals surface area contributed by atoms with Crippen molar-refractivity contribution < 1.29 is 19.5 Å². The average molecular weight is 513 g/mol. The molecule has 2 aromatic rings. The maximum absolute atomic E-state index is 13.6. The molecule has 1 unspecified atom stereocenters. The van der Waals surface area contributed by atoms with Gasteiger partial charge in [0, 0.05) is 25.4 Å². The van der Waals surface area contributed by atoms with Crippen molar-refractivity contribution in [3.63, 3.8) is 0 Å². The zero-order valence-electron chi connectivity index (χ0n) is 21.4. The number of likely N-dealkylation sites (tertiary alicyclic amines) is 1. The van der Waals surface area contributed by atoms with Crippen LogP contribution in [0, 0.1) is 18.3 Å². The molecule has 194 valence electrons. The van der Waals surface area contributed by atoms with Gasteiger partial charge in [0.25, 0.3) is 0 Å². The number of hydrogen-bond donors (Lipinski definition) is 3. The molecule has 1 saturated heterocycles. The molecule has 1 aliphatic carbocycles. The summed E-state index contributed by atoms with van der Waals surface area (Å²) in [5, 5.41) is 16.2. The van der Waals surface area contributed by atoms with Gasteiger partial charge in [-0.2, -0.15) is 0 Å². The summed E-state index contributed by atoms with van der Waals surface area (Å²) < 4.78 is 0.